The van der Waals surface area contributed by atoms with Gasteiger partial charge >= 0.3 is 5.97 Å². The van der Waals surface area contributed by atoms with Crippen molar-refractivity contribution in [1.82, 2.24) is 14.8 Å². The number of nitrogens with one attached hydrogen (secondary N) is 1. The van der Waals surface area contributed by atoms with Crippen LogP contribution in [0.5, 0.6) is 0 Å². The fourth-order valence-corrected chi connectivity index (χ4v) is 5.91. The van der Waals surface area contributed by atoms with E-state index in [1.807, 2.05) is 0 Å². The molecule has 188 valence electrons. The smallest absolute Gasteiger partial charge is 0.335 e. The van der Waals surface area contributed by atoms with Gasteiger partial charge in [-0.3, -0.25) is 5.10 Å². The van der Waals surface area contributed by atoms with Gasteiger partial charge in [0.25, 0.3) is 0 Å². The Morgan fingerprint density at radius 3 is 2.58 bits per heavy atom. The summed E-state index contributed by atoms with van der Waals surface area (Å²) in [5.74, 6) is -3.90. The molecule has 6 rings (SSSR count). The summed E-state index contributed by atoms with van der Waals surface area (Å²) in [5, 5.41) is 17.3. The number of rotatable bonds is 5. The molecule has 36 heavy (non-hydrogen) atoms. The van der Waals surface area contributed by atoms with Crippen molar-refractivity contribution in [3.05, 3.63) is 59.2 Å². The number of carbonyl (C=O) groups is 1. The van der Waals surface area contributed by atoms with E-state index < -0.39 is 29.0 Å². The SMILES string of the molecule is COC1(C(=O)O)CC(c2c(C3CCOCC3)n(-c3ccc(F)c(F)c3)c3cc4cn[nH]c4c(F)c23)C1. The molecule has 10 heteroatoms. The van der Waals surface area contributed by atoms with Crippen molar-refractivity contribution < 1.29 is 32.5 Å². The Kier molecular flexibility index (Phi) is 5.34. The first kappa shape index (κ1) is 23.1. The minimum Gasteiger partial charge on any atom is -0.479 e. The molecule has 0 bridgehead atoms. The van der Waals surface area contributed by atoms with E-state index in [9.17, 15) is 18.7 Å². The van der Waals surface area contributed by atoms with E-state index in [0.717, 1.165) is 17.8 Å². The molecule has 4 aromatic rings. The van der Waals surface area contributed by atoms with Gasteiger partial charge in [-0.2, -0.15) is 5.10 Å². The topological polar surface area (TPSA) is 89.4 Å². The second-order valence-electron chi connectivity index (χ2n) is 9.65. The number of aromatic amines is 1. The van der Waals surface area contributed by atoms with Crippen molar-refractivity contribution in [2.75, 3.05) is 20.3 Å². The average molecular weight is 499 g/mol. The zero-order chi connectivity index (χ0) is 25.2. The second kappa shape index (κ2) is 8.35. The molecule has 1 saturated heterocycles. The zero-order valence-corrected chi connectivity index (χ0v) is 19.5. The van der Waals surface area contributed by atoms with Crippen LogP contribution in [-0.4, -0.2) is 51.8 Å². The quantitative estimate of drug-likeness (QED) is 0.396. The number of ether oxygens (including phenoxy) is 2. The van der Waals surface area contributed by atoms with Gasteiger partial charge in [-0.05, 0) is 55.4 Å². The van der Waals surface area contributed by atoms with Crippen molar-refractivity contribution in [3.63, 3.8) is 0 Å². The van der Waals surface area contributed by atoms with Crippen LogP contribution in [0, 0.1) is 17.5 Å². The maximum Gasteiger partial charge on any atom is 0.335 e. The lowest BCUT2D eigenvalue weighted by molar-refractivity contribution is -0.175. The highest BCUT2D eigenvalue weighted by atomic mass is 19.2. The number of H-pyrrole nitrogens is 1. The Morgan fingerprint density at radius 1 is 1.17 bits per heavy atom. The van der Waals surface area contributed by atoms with Crippen molar-refractivity contribution in [2.45, 2.75) is 43.1 Å². The van der Waals surface area contributed by atoms with Crippen molar-refractivity contribution >= 4 is 27.8 Å². The van der Waals surface area contributed by atoms with Gasteiger partial charge in [0.2, 0.25) is 0 Å². The third-order valence-corrected chi connectivity index (χ3v) is 7.79. The fraction of sp³-hybridized carbons (Fsp3) is 0.385. The molecular formula is C26H24F3N3O4. The highest BCUT2D eigenvalue weighted by molar-refractivity contribution is 6.00. The highest BCUT2D eigenvalue weighted by Gasteiger charge is 2.53. The van der Waals surface area contributed by atoms with Crippen LogP contribution in [0.3, 0.4) is 0 Å². The Bertz CT molecular complexity index is 1500. The number of nitrogens with zero attached hydrogens (tertiary/aromatic N) is 2. The fourth-order valence-electron chi connectivity index (χ4n) is 5.91. The number of hydrogen-bond donors (Lipinski definition) is 2. The summed E-state index contributed by atoms with van der Waals surface area (Å²) < 4.78 is 57.2. The number of aromatic nitrogens is 3. The van der Waals surface area contributed by atoms with Gasteiger partial charge in [-0.1, -0.05) is 0 Å². The third-order valence-electron chi connectivity index (χ3n) is 7.79. The van der Waals surface area contributed by atoms with E-state index in [2.05, 4.69) is 10.2 Å². The molecule has 2 fully saturated rings. The van der Waals surface area contributed by atoms with E-state index in [1.54, 1.807) is 10.6 Å². The predicted octanol–water partition coefficient (Wildman–Crippen LogP) is 5.17. The number of hydrogen-bond acceptors (Lipinski definition) is 4. The second-order valence-corrected chi connectivity index (χ2v) is 9.65. The molecule has 3 heterocycles. The van der Waals surface area contributed by atoms with Crippen LogP contribution < -0.4 is 0 Å². The number of benzene rings is 2. The average Bonchev–Trinajstić information content (AvgIpc) is 3.45. The van der Waals surface area contributed by atoms with E-state index >= 15 is 4.39 Å². The highest BCUT2D eigenvalue weighted by Crippen LogP contribution is 2.53. The molecule has 2 aromatic heterocycles. The largest absolute Gasteiger partial charge is 0.479 e. The molecule has 0 amide bonds. The van der Waals surface area contributed by atoms with E-state index in [0.29, 0.717) is 53.6 Å². The third kappa shape index (κ3) is 3.27. The first-order chi connectivity index (χ1) is 17.3. The van der Waals surface area contributed by atoms with Crippen LogP contribution in [0.4, 0.5) is 13.2 Å². The molecule has 1 saturated carbocycles. The lowest BCUT2D eigenvalue weighted by Crippen LogP contribution is -2.51. The van der Waals surface area contributed by atoms with Crippen LogP contribution in [0.15, 0.2) is 30.5 Å². The molecule has 0 spiro atoms. The molecule has 2 aromatic carbocycles. The Hall–Kier alpha value is -3.37. The molecule has 2 aliphatic rings. The van der Waals surface area contributed by atoms with Gasteiger partial charge in [0.1, 0.15) is 5.52 Å². The Labute approximate surface area is 203 Å². The minimum atomic E-state index is -1.34. The van der Waals surface area contributed by atoms with Crippen molar-refractivity contribution in [3.8, 4) is 5.69 Å². The monoisotopic (exact) mass is 499 g/mol. The van der Waals surface area contributed by atoms with Crippen LogP contribution in [0.25, 0.3) is 27.5 Å². The van der Waals surface area contributed by atoms with Gasteiger partial charge in [-0.25, -0.2) is 18.0 Å². The number of carboxylic acid groups (broad SMARTS) is 1. The standard InChI is InChI=1S/C26H24F3N3O4/c1-35-26(25(33)34)10-15(11-26)20-21-19(8-14-12-30-31-23(14)22(21)29)32(16-2-3-17(27)18(28)9-16)24(20)13-4-6-36-7-5-13/h2-3,8-9,12-13,15H,4-7,10-11H2,1H3,(H,30,31)(H,33,34). The lowest BCUT2D eigenvalue weighted by atomic mass is 9.66. The zero-order valence-electron chi connectivity index (χ0n) is 19.5. The molecule has 1 aliphatic carbocycles. The van der Waals surface area contributed by atoms with Crippen molar-refractivity contribution in [1.29, 1.82) is 0 Å². The summed E-state index contributed by atoms with van der Waals surface area (Å²) in [4.78, 5) is 12.0. The van der Waals surface area contributed by atoms with E-state index in [1.165, 1.54) is 19.4 Å². The number of aliphatic carboxylic acids is 1. The summed E-state index contributed by atoms with van der Waals surface area (Å²) in [6.07, 6.45) is 3.18. The number of halogens is 3. The van der Waals surface area contributed by atoms with Gasteiger partial charge in [0.15, 0.2) is 23.1 Å². The predicted molar refractivity (Wildman–Crippen MR) is 125 cm³/mol. The maximum absolute atomic E-state index is 16.1. The summed E-state index contributed by atoms with van der Waals surface area (Å²) in [6.45, 7) is 1.02. The first-order valence-corrected chi connectivity index (χ1v) is 11.9. The lowest BCUT2D eigenvalue weighted by Gasteiger charge is -2.44. The van der Waals surface area contributed by atoms with Crippen LogP contribution in [0.1, 0.15) is 48.8 Å². The van der Waals surface area contributed by atoms with Gasteiger partial charge in [0.05, 0.1) is 11.7 Å². The molecule has 7 nitrogen and oxygen atoms in total. The molecule has 0 unspecified atom stereocenters. The van der Waals surface area contributed by atoms with Crippen LogP contribution in [0.2, 0.25) is 0 Å². The van der Waals surface area contributed by atoms with Crippen LogP contribution in [-0.2, 0) is 14.3 Å². The Morgan fingerprint density at radius 2 is 1.92 bits per heavy atom. The number of methoxy groups -OCH3 is 1. The summed E-state index contributed by atoms with van der Waals surface area (Å²) in [7, 11) is 1.36. The first-order valence-electron chi connectivity index (χ1n) is 11.9. The summed E-state index contributed by atoms with van der Waals surface area (Å²) in [6, 6.07) is 5.42. The van der Waals surface area contributed by atoms with E-state index in [4.69, 9.17) is 9.47 Å². The Balaban J connectivity index is 1.68. The molecular weight excluding hydrogens is 475 g/mol. The minimum absolute atomic E-state index is 0.0486. The van der Waals surface area contributed by atoms with Gasteiger partial charge in [0, 0.05) is 54.5 Å². The number of fused-ring (bicyclic) bond motifs is 2. The van der Waals surface area contributed by atoms with Crippen molar-refractivity contribution in [2.24, 2.45) is 0 Å². The molecule has 0 radical (unpaired) electrons. The van der Waals surface area contributed by atoms with Gasteiger partial charge < -0.3 is 19.1 Å². The molecule has 2 N–H and O–H groups in total. The molecule has 0 atom stereocenters. The summed E-state index contributed by atoms with van der Waals surface area (Å²) >= 11 is 0. The maximum atomic E-state index is 16.1. The van der Waals surface area contributed by atoms with Crippen LogP contribution >= 0.6 is 0 Å². The molecule has 1 aliphatic heterocycles. The summed E-state index contributed by atoms with van der Waals surface area (Å²) in [5.41, 5.74) is 1.21. The van der Waals surface area contributed by atoms with Gasteiger partial charge in [-0.15, -0.1) is 0 Å². The normalized spacial score (nSPS) is 22.8. The number of carboxylic acids is 1. The van der Waals surface area contributed by atoms with E-state index in [-0.39, 0.29) is 30.2 Å².